The van der Waals surface area contributed by atoms with Crippen LogP contribution in [-0.2, 0) is 14.3 Å². The maximum atomic E-state index is 12.4. The van der Waals surface area contributed by atoms with Crippen molar-refractivity contribution in [2.24, 2.45) is 11.8 Å². The summed E-state index contributed by atoms with van der Waals surface area (Å²) in [6, 6.07) is -0.187. The van der Waals surface area contributed by atoms with Gasteiger partial charge in [0, 0.05) is 32.6 Å². The Balaban J connectivity index is 2.58. The average molecular weight is 313 g/mol. The highest BCUT2D eigenvalue weighted by molar-refractivity contribution is 5.87. The Hall–Kier alpha value is -1.14. The van der Waals surface area contributed by atoms with Gasteiger partial charge >= 0.3 is 0 Å². The van der Waals surface area contributed by atoms with E-state index in [2.05, 4.69) is 29.4 Å². The molecular weight excluding hydrogens is 282 g/mol. The van der Waals surface area contributed by atoms with E-state index in [1.165, 1.54) is 6.92 Å². The van der Waals surface area contributed by atoms with Crippen LogP contribution < -0.4 is 10.6 Å². The molecule has 1 rings (SSSR count). The highest BCUT2D eigenvalue weighted by Crippen LogP contribution is 2.12. The van der Waals surface area contributed by atoms with Gasteiger partial charge in [0.2, 0.25) is 11.8 Å². The molecular formula is C16H31N3O3. The quantitative estimate of drug-likeness (QED) is 0.723. The molecule has 0 aromatic carbocycles. The van der Waals surface area contributed by atoms with E-state index in [0.29, 0.717) is 12.5 Å². The first-order chi connectivity index (χ1) is 10.3. The lowest BCUT2D eigenvalue weighted by Crippen LogP contribution is -2.55. The van der Waals surface area contributed by atoms with E-state index in [1.807, 2.05) is 13.8 Å². The van der Waals surface area contributed by atoms with Crippen molar-refractivity contribution in [3.8, 4) is 0 Å². The third kappa shape index (κ3) is 5.93. The van der Waals surface area contributed by atoms with Gasteiger partial charge in [-0.05, 0) is 11.8 Å². The van der Waals surface area contributed by atoms with Crippen molar-refractivity contribution in [1.29, 1.82) is 0 Å². The molecule has 0 aliphatic carbocycles. The predicted octanol–water partition coefficient (Wildman–Crippen LogP) is 0.620. The summed E-state index contributed by atoms with van der Waals surface area (Å²) in [4.78, 5) is 26.0. The third-order valence-electron chi connectivity index (χ3n) is 4.08. The minimum Gasteiger partial charge on any atom is -0.379 e. The van der Waals surface area contributed by atoms with Crippen molar-refractivity contribution in [1.82, 2.24) is 15.5 Å². The van der Waals surface area contributed by atoms with Crippen LogP contribution in [0.3, 0.4) is 0 Å². The van der Waals surface area contributed by atoms with Gasteiger partial charge in [-0.3, -0.25) is 14.5 Å². The molecule has 1 saturated heterocycles. The van der Waals surface area contributed by atoms with E-state index < -0.39 is 6.04 Å². The van der Waals surface area contributed by atoms with Crippen LogP contribution in [-0.4, -0.2) is 61.6 Å². The summed E-state index contributed by atoms with van der Waals surface area (Å²) in [5.74, 6) is 0.216. The van der Waals surface area contributed by atoms with E-state index >= 15 is 0 Å². The lowest BCUT2D eigenvalue weighted by molar-refractivity contribution is -0.129. The predicted molar refractivity (Wildman–Crippen MR) is 86.5 cm³/mol. The molecule has 0 unspecified atom stereocenters. The van der Waals surface area contributed by atoms with E-state index in [0.717, 1.165) is 26.3 Å². The Morgan fingerprint density at radius 1 is 1.09 bits per heavy atom. The van der Waals surface area contributed by atoms with E-state index in [4.69, 9.17) is 4.74 Å². The van der Waals surface area contributed by atoms with Crippen LogP contribution in [0, 0.1) is 11.8 Å². The van der Waals surface area contributed by atoms with Gasteiger partial charge in [0.15, 0.2) is 0 Å². The fraction of sp³-hybridized carbons (Fsp3) is 0.875. The van der Waals surface area contributed by atoms with Gasteiger partial charge in [0.05, 0.1) is 13.2 Å². The lowest BCUT2D eigenvalue weighted by atomic mass is 10.0. The number of rotatable bonds is 7. The van der Waals surface area contributed by atoms with Crippen LogP contribution in [0.1, 0.15) is 34.6 Å². The molecule has 0 spiro atoms. The van der Waals surface area contributed by atoms with Gasteiger partial charge in [-0.2, -0.15) is 0 Å². The summed E-state index contributed by atoms with van der Waals surface area (Å²) >= 11 is 0. The largest absolute Gasteiger partial charge is 0.379 e. The van der Waals surface area contributed by atoms with Crippen LogP contribution in [0.25, 0.3) is 0 Å². The van der Waals surface area contributed by atoms with Crippen LogP contribution in [0.15, 0.2) is 0 Å². The molecule has 1 aliphatic rings. The van der Waals surface area contributed by atoms with Gasteiger partial charge in [-0.15, -0.1) is 0 Å². The molecule has 0 saturated carbocycles. The highest BCUT2D eigenvalue weighted by Gasteiger charge is 2.27. The zero-order valence-electron chi connectivity index (χ0n) is 14.5. The number of morpholine rings is 1. The smallest absolute Gasteiger partial charge is 0.242 e. The highest BCUT2D eigenvalue weighted by atomic mass is 16.5. The summed E-state index contributed by atoms with van der Waals surface area (Å²) in [7, 11) is 0. The molecule has 0 aromatic heterocycles. The van der Waals surface area contributed by atoms with Crippen LogP contribution >= 0.6 is 0 Å². The van der Waals surface area contributed by atoms with Gasteiger partial charge in [0.25, 0.3) is 0 Å². The van der Waals surface area contributed by atoms with Crippen molar-refractivity contribution < 1.29 is 14.3 Å². The van der Waals surface area contributed by atoms with E-state index in [9.17, 15) is 9.59 Å². The number of nitrogens with one attached hydrogen (secondary N) is 2. The molecule has 6 heteroatoms. The lowest BCUT2D eigenvalue weighted by Gasteiger charge is -2.37. The number of amides is 2. The Morgan fingerprint density at radius 2 is 1.68 bits per heavy atom. The average Bonchev–Trinajstić information content (AvgIpc) is 2.45. The zero-order valence-corrected chi connectivity index (χ0v) is 14.5. The summed E-state index contributed by atoms with van der Waals surface area (Å²) in [6.07, 6.45) is 0. The topological polar surface area (TPSA) is 70.7 Å². The number of nitrogens with zero attached hydrogens (tertiary/aromatic N) is 1. The van der Waals surface area contributed by atoms with Crippen molar-refractivity contribution in [2.75, 3.05) is 32.8 Å². The summed E-state index contributed by atoms with van der Waals surface area (Å²) in [5, 5.41) is 5.74. The van der Waals surface area contributed by atoms with Crippen molar-refractivity contribution in [3.63, 3.8) is 0 Å². The second-order valence-electron chi connectivity index (χ2n) is 6.63. The van der Waals surface area contributed by atoms with Crippen molar-refractivity contribution in [3.05, 3.63) is 0 Å². The SMILES string of the molecule is CC(=O)N[C@@H](C(=O)NC[C@@H](C(C)C)N1CCOCC1)C(C)C. The van der Waals surface area contributed by atoms with Crippen LogP contribution in [0.2, 0.25) is 0 Å². The first-order valence-corrected chi connectivity index (χ1v) is 8.19. The molecule has 0 radical (unpaired) electrons. The standard InChI is InChI=1S/C16H31N3O3/c1-11(2)14(19-6-8-22-9-7-19)10-17-16(21)15(12(3)4)18-13(5)20/h11-12,14-15H,6-10H2,1-5H3,(H,17,21)(H,18,20)/t14-,15+/m0/s1. The molecule has 0 aromatic rings. The Kier molecular flexibility index (Phi) is 7.82. The Bertz CT molecular complexity index is 366. The maximum Gasteiger partial charge on any atom is 0.242 e. The fourth-order valence-electron chi connectivity index (χ4n) is 2.76. The first-order valence-electron chi connectivity index (χ1n) is 8.19. The Morgan fingerprint density at radius 3 is 2.14 bits per heavy atom. The molecule has 1 fully saturated rings. The summed E-state index contributed by atoms with van der Waals surface area (Å²) in [6.45, 7) is 13.5. The second-order valence-corrected chi connectivity index (χ2v) is 6.63. The number of carbonyl (C=O) groups is 2. The zero-order chi connectivity index (χ0) is 16.7. The van der Waals surface area contributed by atoms with Gasteiger partial charge in [-0.1, -0.05) is 27.7 Å². The Labute approximate surface area is 134 Å². The van der Waals surface area contributed by atoms with E-state index in [-0.39, 0.29) is 23.8 Å². The van der Waals surface area contributed by atoms with Gasteiger partial charge in [0.1, 0.15) is 6.04 Å². The molecule has 6 nitrogen and oxygen atoms in total. The van der Waals surface area contributed by atoms with Crippen molar-refractivity contribution in [2.45, 2.75) is 46.7 Å². The van der Waals surface area contributed by atoms with Crippen molar-refractivity contribution >= 4 is 11.8 Å². The number of hydrogen-bond donors (Lipinski definition) is 2. The second kappa shape index (κ2) is 9.10. The maximum absolute atomic E-state index is 12.4. The summed E-state index contributed by atoms with van der Waals surface area (Å²) in [5.41, 5.74) is 0. The molecule has 2 N–H and O–H groups in total. The number of carbonyl (C=O) groups excluding carboxylic acids is 2. The van der Waals surface area contributed by atoms with Gasteiger partial charge in [-0.25, -0.2) is 0 Å². The normalized spacial score (nSPS) is 19.0. The number of ether oxygens (including phenoxy) is 1. The van der Waals surface area contributed by atoms with Gasteiger partial charge < -0.3 is 15.4 Å². The summed E-state index contributed by atoms with van der Waals surface area (Å²) < 4.78 is 5.39. The molecule has 2 amide bonds. The first kappa shape index (κ1) is 18.9. The minimum atomic E-state index is -0.477. The fourth-order valence-corrected chi connectivity index (χ4v) is 2.76. The minimum absolute atomic E-state index is 0.0600. The van der Waals surface area contributed by atoms with E-state index in [1.54, 1.807) is 0 Å². The van der Waals surface area contributed by atoms with Crippen LogP contribution in [0.5, 0.6) is 0 Å². The monoisotopic (exact) mass is 313 g/mol. The molecule has 22 heavy (non-hydrogen) atoms. The number of hydrogen-bond acceptors (Lipinski definition) is 4. The van der Waals surface area contributed by atoms with Crippen LogP contribution in [0.4, 0.5) is 0 Å². The molecule has 1 aliphatic heterocycles. The molecule has 128 valence electrons. The molecule has 2 atom stereocenters. The third-order valence-corrected chi connectivity index (χ3v) is 4.08. The molecule has 0 bridgehead atoms. The molecule has 1 heterocycles.